The largest absolute Gasteiger partial charge is 0.477 e. The molecule has 0 radical (unpaired) electrons. The minimum atomic E-state index is -3.89. The molecule has 10 heteroatoms. The summed E-state index contributed by atoms with van der Waals surface area (Å²) in [4.78, 5) is 28.3. The number of benzene rings is 3. The number of nitrogens with one attached hydrogen (secondary N) is 1. The minimum absolute atomic E-state index is 0.00291. The lowest BCUT2D eigenvalue weighted by Gasteiger charge is -2.38. The maximum absolute atomic E-state index is 13.8. The number of anilines is 1. The number of fused-ring (bicyclic) bond motifs is 1. The SMILES string of the molecule is O=C(NCc1ccccc1)[C@@H]1CN(C(=O)[C@H]2CCCN(S(=O)(=O)c3ccc(F)cc3)C2)c2ccccc2O1. The number of ether oxygens (including phenoxy) is 1. The summed E-state index contributed by atoms with van der Waals surface area (Å²) in [5, 5.41) is 2.87. The van der Waals surface area contributed by atoms with Gasteiger partial charge in [0.15, 0.2) is 6.10 Å². The predicted octanol–water partition coefficient (Wildman–Crippen LogP) is 3.34. The van der Waals surface area contributed by atoms with E-state index in [0.717, 1.165) is 17.7 Å². The van der Waals surface area contributed by atoms with Gasteiger partial charge in [-0.1, -0.05) is 42.5 Å². The molecular weight excluding hydrogens is 509 g/mol. The average Bonchev–Trinajstić information content (AvgIpc) is 2.95. The molecule has 1 N–H and O–H groups in total. The van der Waals surface area contributed by atoms with Crippen LogP contribution in [0.3, 0.4) is 0 Å². The number of carbonyl (C=O) groups is 2. The summed E-state index contributed by atoms with van der Waals surface area (Å²) in [6, 6.07) is 21.2. The molecule has 3 aromatic rings. The van der Waals surface area contributed by atoms with E-state index in [0.29, 0.717) is 30.8 Å². The van der Waals surface area contributed by atoms with Gasteiger partial charge in [0, 0.05) is 19.6 Å². The van der Waals surface area contributed by atoms with E-state index in [1.807, 2.05) is 30.3 Å². The van der Waals surface area contributed by atoms with Gasteiger partial charge in [-0.3, -0.25) is 9.59 Å². The Bertz CT molecular complexity index is 1420. The van der Waals surface area contributed by atoms with Crippen molar-refractivity contribution in [2.45, 2.75) is 30.4 Å². The maximum Gasteiger partial charge on any atom is 0.263 e. The molecule has 38 heavy (non-hydrogen) atoms. The number of hydrogen-bond acceptors (Lipinski definition) is 5. The summed E-state index contributed by atoms with van der Waals surface area (Å²) in [6.45, 7) is 0.613. The third-order valence-corrected chi connectivity index (χ3v) is 8.71. The van der Waals surface area contributed by atoms with Crippen molar-refractivity contribution in [2.75, 3.05) is 24.5 Å². The van der Waals surface area contributed by atoms with Crippen LogP contribution in [0.15, 0.2) is 83.8 Å². The zero-order chi connectivity index (χ0) is 26.7. The third kappa shape index (κ3) is 5.41. The van der Waals surface area contributed by atoms with Crippen LogP contribution in [-0.4, -0.2) is 50.3 Å². The molecule has 5 rings (SSSR count). The Balaban J connectivity index is 1.32. The molecule has 2 amide bonds. The van der Waals surface area contributed by atoms with Crippen LogP contribution in [0.1, 0.15) is 18.4 Å². The predicted molar refractivity (Wildman–Crippen MR) is 139 cm³/mol. The molecule has 2 atom stereocenters. The summed E-state index contributed by atoms with van der Waals surface area (Å²) in [7, 11) is -3.89. The van der Waals surface area contributed by atoms with Gasteiger partial charge in [-0.15, -0.1) is 0 Å². The topological polar surface area (TPSA) is 96.0 Å². The van der Waals surface area contributed by atoms with Crippen molar-refractivity contribution in [1.29, 1.82) is 0 Å². The molecule has 2 aliphatic rings. The summed E-state index contributed by atoms with van der Waals surface area (Å²) < 4.78 is 46.9. The first-order valence-electron chi connectivity index (χ1n) is 12.5. The van der Waals surface area contributed by atoms with Crippen molar-refractivity contribution in [3.05, 3.63) is 90.2 Å². The first-order valence-corrected chi connectivity index (χ1v) is 13.9. The molecule has 0 unspecified atom stereocenters. The number of sulfonamides is 1. The molecule has 1 fully saturated rings. The summed E-state index contributed by atoms with van der Waals surface area (Å²) in [5.74, 6) is -1.31. The fourth-order valence-corrected chi connectivity index (χ4v) is 6.34. The van der Waals surface area contributed by atoms with Crippen LogP contribution < -0.4 is 15.0 Å². The van der Waals surface area contributed by atoms with E-state index in [1.54, 1.807) is 24.3 Å². The monoisotopic (exact) mass is 537 g/mol. The van der Waals surface area contributed by atoms with E-state index in [1.165, 1.54) is 21.3 Å². The van der Waals surface area contributed by atoms with Gasteiger partial charge in [0.25, 0.3) is 5.91 Å². The van der Waals surface area contributed by atoms with Crippen molar-refractivity contribution in [1.82, 2.24) is 9.62 Å². The van der Waals surface area contributed by atoms with Gasteiger partial charge >= 0.3 is 0 Å². The van der Waals surface area contributed by atoms with Gasteiger partial charge in [-0.2, -0.15) is 4.31 Å². The maximum atomic E-state index is 13.8. The number of hydrogen-bond donors (Lipinski definition) is 1. The number of piperidine rings is 1. The number of nitrogens with zero attached hydrogens (tertiary/aromatic N) is 2. The third-order valence-electron chi connectivity index (χ3n) is 6.83. The molecule has 1 saturated heterocycles. The fraction of sp³-hybridized carbons (Fsp3) is 0.286. The number of para-hydroxylation sites is 2. The molecule has 0 aromatic heterocycles. The molecule has 0 spiro atoms. The van der Waals surface area contributed by atoms with E-state index in [9.17, 15) is 22.4 Å². The Hall–Kier alpha value is -3.76. The highest BCUT2D eigenvalue weighted by atomic mass is 32.2. The lowest BCUT2D eigenvalue weighted by molar-refractivity contribution is -0.129. The van der Waals surface area contributed by atoms with Gasteiger partial charge in [0.2, 0.25) is 15.9 Å². The van der Waals surface area contributed by atoms with E-state index >= 15 is 0 Å². The van der Waals surface area contributed by atoms with Gasteiger partial charge in [-0.05, 0) is 54.8 Å². The van der Waals surface area contributed by atoms with Crippen molar-refractivity contribution >= 4 is 27.5 Å². The summed E-state index contributed by atoms with van der Waals surface area (Å²) in [5.41, 5.74) is 1.48. The van der Waals surface area contributed by atoms with Crippen LogP contribution in [0.2, 0.25) is 0 Å². The summed E-state index contributed by atoms with van der Waals surface area (Å²) >= 11 is 0. The molecule has 8 nitrogen and oxygen atoms in total. The number of carbonyl (C=O) groups excluding carboxylic acids is 2. The standard InChI is InChI=1S/C28H28FN3O5S/c29-22-12-14-23(15-13-22)38(35,36)31-16-6-9-21(18-31)28(34)32-19-26(37-25-11-5-4-10-24(25)32)27(33)30-17-20-7-2-1-3-8-20/h1-5,7-8,10-15,21,26H,6,9,16-19H2,(H,30,33)/t21-,26-/m0/s1. The van der Waals surface area contributed by atoms with E-state index in [-0.39, 0.29) is 36.3 Å². The van der Waals surface area contributed by atoms with Crippen LogP contribution >= 0.6 is 0 Å². The molecule has 198 valence electrons. The van der Waals surface area contributed by atoms with Crippen LogP contribution in [0.5, 0.6) is 5.75 Å². The Morgan fingerprint density at radius 3 is 2.42 bits per heavy atom. The van der Waals surface area contributed by atoms with Gasteiger partial charge in [-0.25, -0.2) is 12.8 Å². The van der Waals surface area contributed by atoms with Gasteiger partial charge in [0.1, 0.15) is 11.6 Å². The van der Waals surface area contributed by atoms with Crippen molar-refractivity contribution < 1.29 is 27.1 Å². The van der Waals surface area contributed by atoms with E-state index < -0.39 is 27.9 Å². The van der Waals surface area contributed by atoms with Crippen molar-refractivity contribution in [2.24, 2.45) is 5.92 Å². The second-order valence-corrected chi connectivity index (χ2v) is 11.3. The lowest BCUT2D eigenvalue weighted by Crippen LogP contribution is -2.53. The smallest absolute Gasteiger partial charge is 0.263 e. The Labute approximate surface area is 221 Å². The number of amides is 2. The average molecular weight is 538 g/mol. The number of halogens is 1. The highest BCUT2D eigenvalue weighted by Gasteiger charge is 2.39. The van der Waals surface area contributed by atoms with Crippen LogP contribution in [0.25, 0.3) is 0 Å². The van der Waals surface area contributed by atoms with Gasteiger partial charge < -0.3 is 15.0 Å². The molecule has 3 aromatic carbocycles. The molecular formula is C28H28FN3O5S. The zero-order valence-electron chi connectivity index (χ0n) is 20.6. The van der Waals surface area contributed by atoms with E-state index in [2.05, 4.69) is 5.32 Å². The summed E-state index contributed by atoms with van der Waals surface area (Å²) in [6.07, 6.45) is 0.0999. The molecule has 2 aliphatic heterocycles. The lowest BCUT2D eigenvalue weighted by atomic mass is 9.97. The number of rotatable bonds is 6. The highest BCUT2D eigenvalue weighted by Crippen LogP contribution is 2.35. The Morgan fingerprint density at radius 1 is 0.947 bits per heavy atom. The zero-order valence-corrected chi connectivity index (χ0v) is 21.4. The van der Waals surface area contributed by atoms with Gasteiger partial charge in [0.05, 0.1) is 23.0 Å². The molecule has 0 aliphatic carbocycles. The van der Waals surface area contributed by atoms with Crippen molar-refractivity contribution in [3.63, 3.8) is 0 Å². The van der Waals surface area contributed by atoms with Crippen LogP contribution in [0.4, 0.5) is 10.1 Å². The quantitative estimate of drug-likeness (QED) is 0.521. The normalized spacial score (nSPS) is 19.8. The molecule has 0 saturated carbocycles. The van der Waals surface area contributed by atoms with Crippen LogP contribution in [-0.2, 0) is 26.2 Å². The highest BCUT2D eigenvalue weighted by molar-refractivity contribution is 7.89. The minimum Gasteiger partial charge on any atom is -0.477 e. The second kappa shape index (κ2) is 10.9. The molecule has 0 bridgehead atoms. The fourth-order valence-electron chi connectivity index (χ4n) is 4.82. The van der Waals surface area contributed by atoms with E-state index in [4.69, 9.17) is 4.74 Å². The first-order chi connectivity index (χ1) is 18.3. The Morgan fingerprint density at radius 2 is 1.66 bits per heavy atom. The Kier molecular flexibility index (Phi) is 7.44. The van der Waals surface area contributed by atoms with Crippen LogP contribution in [0, 0.1) is 11.7 Å². The first kappa shape index (κ1) is 25.9. The van der Waals surface area contributed by atoms with Crippen molar-refractivity contribution in [3.8, 4) is 5.75 Å². The molecule has 2 heterocycles. The second-order valence-electron chi connectivity index (χ2n) is 9.38.